The van der Waals surface area contributed by atoms with Crippen molar-refractivity contribution in [1.82, 2.24) is 15.0 Å². The Morgan fingerprint density at radius 2 is 0.872 bits per heavy atom. The average molecular weight is 616 g/mol. The van der Waals surface area contributed by atoms with Gasteiger partial charge in [-0.15, -0.1) is 11.3 Å². The van der Waals surface area contributed by atoms with Crippen LogP contribution in [-0.4, -0.2) is 15.0 Å². The van der Waals surface area contributed by atoms with E-state index in [0.717, 1.165) is 22.1 Å². The van der Waals surface area contributed by atoms with E-state index in [1.807, 2.05) is 18.2 Å². The summed E-state index contributed by atoms with van der Waals surface area (Å²) in [4.78, 5) is 15.3. The smallest absolute Gasteiger partial charge is 0.164 e. The van der Waals surface area contributed by atoms with Crippen LogP contribution >= 0.6 is 11.3 Å². The van der Waals surface area contributed by atoms with Gasteiger partial charge < -0.3 is 0 Å². The number of benzene rings is 8. The molecule has 0 atom stereocenters. The highest BCUT2D eigenvalue weighted by atomic mass is 32.1. The molecule has 2 aromatic heterocycles. The first-order chi connectivity index (χ1) is 23.3. The van der Waals surface area contributed by atoms with Gasteiger partial charge >= 0.3 is 0 Å². The van der Waals surface area contributed by atoms with Crippen molar-refractivity contribution in [2.45, 2.75) is 0 Å². The van der Waals surface area contributed by atoms with Gasteiger partial charge in [-0.05, 0) is 55.2 Å². The van der Waals surface area contributed by atoms with Crippen LogP contribution in [0.4, 0.5) is 0 Å². The summed E-state index contributed by atoms with van der Waals surface area (Å²) in [5.41, 5.74) is 2.94. The topological polar surface area (TPSA) is 38.7 Å². The SMILES string of the molecule is c1ccc(-c2nc(-c3ccc4c(c3)sc3ccccc34)nc(-c3cccc4c3ccc3c4ccc4c5ccccc5ccc43)n2)cc1. The quantitative estimate of drug-likeness (QED) is 0.186. The van der Waals surface area contributed by atoms with E-state index in [-0.39, 0.29) is 0 Å². The van der Waals surface area contributed by atoms with E-state index < -0.39 is 0 Å². The molecule has 0 saturated carbocycles. The fourth-order valence-corrected chi connectivity index (χ4v) is 8.22. The molecule has 4 heteroatoms. The minimum atomic E-state index is 0.665. The fraction of sp³-hybridized carbons (Fsp3) is 0. The molecule has 0 unspecified atom stereocenters. The Morgan fingerprint density at radius 3 is 1.70 bits per heavy atom. The van der Waals surface area contributed by atoms with E-state index in [0.29, 0.717) is 17.5 Å². The molecule has 218 valence electrons. The Kier molecular flexibility index (Phi) is 5.74. The number of nitrogens with zero attached hydrogens (tertiary/aromatic N) is 3. The highest BCUT2D eigenvalue weighted by molar-refractivity contribution is 7.25. The normalized spacial score (nSPS) is 11.8. The second-order valence-electron chi connectivity index (χ2n) is 12.0. The predicted octanol–water partition coefficient (Wildman–Crippen LogP) is 11.9. The van der Waals surface area contributed by atoms with Crippen molar-refractivity contribution in [3.63, 3.8) is 0 Å². The van der Waals surface area contributed by atoms with Crippen molar-refractivity contribution in [2.24, 2.45) is 0 Å². The molecule has 47 heavy (non-hydrogen) atoms. The molecule has 0 aliphatic heterocycles. The third kappa shape index (κ3) is 4.16. The summed E-state index contributed by atoms with van der Waals surface area (Å²) < 4.78 is 2.51. The molecule has 3 nitrogen and oxygen atoms in total. The molecule has 0 fully saturated rings. The van der Waals surface area contributed by atoms with Gasteiger partial charge in [-0.1, -0.05) is 140 Å². The second-order valence-corrected chi connectivity index (χ2v) is 13.1. The molecule has 0 bridgehead atoms. The van der Waals surface area contributed by atoms with E-state index in [1.54, 1.807) is 11.3 Å². The number of thiophene rings is 1. The van der Waals surface area contributed by atoms with Crippen LogP contribution in [0.25, 0.3) is 97.4 Å². The lowest BCUT2D eigenvalue weighted by atomic mass is 9.93. The number of aromatic nitrogens is 3. The Bertz CT molecular complexity index is 2850. The van der Waals surface area contributed by atoms with E-state index in [4.69, 9.17) is 15.0 Å². The third-order valence-electron chi connectivity index (χ3n) is 9.33. The van der Waals surface area contributed by atoms with Crippen LogP contribution < -0.4 is 0 Å². The molecule has 0 amide bonds. The highest BCUT2D eigenvalue weighted by Crippen LogP contribution is 2.39. The molecule has 10 rings (SSSR count). The molecule has 0 radical (unpaired) electrons. The first-order valence-electron chi connectivity index (χ1n) is 15.8. The van der Waals surface area contributed by atoms with Crippen molar-refractivity contribution in [2.75, 3.05) is 0 Å². The minimum Gasteiger partial charge on any atom is -0.208 e. The highest BCUT2D eigenvalue weighted by Gasteiger charge is 2.17. The van der Waals surface area contributed by atoms with E-state index in [2.05, 4.69) is 133 Å². The Labute approximate surface area is 274 Å². The molecule has 0 N–H and O–H groups in total. The molecule has 8 aromatic carbocycles. The fourth-order valence-electron chi connectivity index (χ4n) is 7.07. The van der Waals surface area contributed by atoms with Crippen molar-refractivity contribution in [3.05, 3.63) is 152 Å². The Morgan fingerprint density at radius 1 is 0.319 bits per heavy atom. The van der Waals surface area contributed by atoms with Gasteiger partial charge in [0.15, 0.2) is 17.5 Å². The third-order valence-corrected chi connectivity index (χ3v) is 10.5. The lowest BCUT2D eigenvalue weighted by Crippen LogP contribution is -2.00. The molecular weight excluding hydrogens is 591 g/mol. The summed E-state index contributed by atoms with van der Waals surface area (Å²) in [6.45, 7) is 0. The molecule has 0 aliphatic rings. The van der Waals surface area contributed by atoms with Crippen LogP contribution in [0, 0.1) is 0 Å². The summed E-state index contributed by atoms with van der Waals surface area (Å²) in [7, 11) is 0. The molecule has 2 heterocycles. The number of fused-ring (bicyclic) bond motifs is 10. The van der Waals surface area contributed by atoms with Gasteiger partial charge in [-0.2, -0.15) is 0 Å². The molecular formula is C43H25N3S. The van der Waals surface area contributed by atoms with Crippen molar-refractivity contribution >= 4 is 74.6 Å². The summed E-state index contributed by atoms with van der Waals surface area (Å²) >= 11 is 1.80. The minimum absolute atomic E-state index is 0.665. The summed E-state index contributed by atoms with van der Waals surface area (Å²) in [6, 6.07) is 53.9. The van der Waals surface area contributed by atoms with Gasteiger partial charge in [-0.25, -0.2) is 15.0 Å². The largest absolute Gasteiger partial charge is 0.208 e. The zero-order valence-corrected chi connectivity index (χ0v) is 26.0. The average Bonchev–Trinajstić information content (AvgIpc) is 3.52. The Hall–Kier alpha value is -5.97. The number of hydrogen-bond donors (Lipinski definition) is 0. The maximum absolute atomic E-state index is 5.16. The molecule has 0 spiro atoms. The predicted molar refractivity (Wildman–Crippen MR) is 199 cm³/mol. The van der Waals surface area contributed by atoms with Gasteiger partial charge in [-0.3, -0.25) is 0 Å². The van der Waals surface area contributed by atoms with Gasteiger partial charge in [0.25, 0.3) is 0 Å². The van der Waals surface area contributed by atoms with Crippen LogP contribution in [0.1, 0.15) is 0 Å². The maximum atomic E-state index is 5.16. The van der Waals surface area contributed by atoms with Gasteiger partial charge in [0.2, 0.25) is 0 Å². The Balaban J connectivity index is 1.19. The lowest BCUT2D eigenvalue weighted by molar-refractivity contribution is 1.08. The molecule has 0 saturated heterocycles. The van der Waals surface area contributed by atoms with Gasteiger partial charge in [0.1, 0.15) is 0 Å². The number of rotatable bonds is 3. The van der Waals surface area contributed by atoms with E-state index in [9.17, 15) is 0 Å². The van der Waals surface area contributed by atoms with E-state index in [1.165, 1.54) is 57.9 Å². The first kappa shape index (κ1) is 26.3. The summed E-state index contributed by atoms with van der Waals surface area (Å²) in [5.74, 6) is 2.00. The standard InChI is InChI=1S/C43H25N3S/c1-2-10-27(11-3-1)41-44-42(28-18-20-37-36-13-6-7-16-39(36)47-40(37)25-28)46-43(45-41)38-15-8-14-30-33-22-21-31-29-12-5-4-9-26(29)17-19-32(31)34(33)23-24-35(30)38/h1-25H. The van der Waals surface area contributed by atoms with Crippen LogP contribution in [0.5, 0.6) is 0 Å². The summed E-state index contributed by atoms with van der Waals surface area (Å²) in [5, 5.41) is 12.4. The van der Waals surface area contributed by atoms with Crippen LogP contribution in [0.15, 0.2) is 152 Å². The van der Waals surface area contributed by atoms with Crippen molar-refractivity contribution < 1.29 is 0 Å². The van der Waals surface area contributed by atoms with Crippen LogP contribution in [0.3, 0.4) is 0 Å². The van der Waals surface area contributed by atoms with Crippen molar-refractivity contribution in [3.8, 4) is 34.2 Å². The second kappa shape index (κ2) is 10.3. The monoisotopic (exact) mass is 615 g/mol. The van der Waals surface area contributed by atoms with Crippen molar-refractivity contribution in [1.29, 1.82) is 0 Å². The summed E-state index contributed by atoms with van der Waals surface area (Å²) in [6.07, 6.45) is 0. The lowest BCUT2D eigenvalue weighted by Gasteiger charge is -2.13. The van der Waals surface area contributed by atoms with E-state index >= 15 is 0 Å². The van der Waals surface area contributed by atoms with Crippen LogP contribution in [0.2, 0.25) is 0 Å². The van der Waals surface area contributed by atoms with Gasteiger partial charge in [0.05, 0.1) is 0 Å². The molecule has 10 aromatic rings. The first-order valence-corrected chi connectivity index (χ1v) is 16.6. The zero-order chi connectivity index (χ0) is 30.9. The zero-order valence-electron chi connectivity index (χ0n) is 25.2. The van der Waals surface area contributed by atoms with Crippen LogP contribution in [-0.2, 0) is 0 Å². The number of hydrogen-bond acceptors (Lipinski definition) is 4. The molecule has 0 aliphatic carbocycles. The maximum Gasteiger partial charge on any atom is 0.164 e. The van der Waals surface area contributed by atoms with Gasteiger partial charge in [0, 0.05) is 36.9 Å².